The summed E-state index contributed by atoms with van der Waals surface area (Å²) in [5.41, 5.74) is -0.139. The van der Waals surface area contributed by atoms with Crippen LogP contribution in [-0.2, 0) is 17.4 Å². The van der Waals surface area contributed by atoms with Gasteiger partial charge in [-0.3, -0.25) is 9.59 Å². The highest BCUT2D eigenvalue weighted by atomic mass is 32.2. The maximum atomic E-state index is 12.6. The van der Waals surface area contributed by atoms with Crippen molar-refractivity contribution in [1.29, 1.82) is 0 Å². The number of carbonyl (C=O) groups is 1. The van der Waals surface area contributed by atoms with Crippen LogP contribution in [0.5, 0.6) is 0 Å². The number of hydrogen-bond donors (Lipinski definition) is 2. The zero-order chi connectivity index (χ0) is 20.0. The van der Waals surface area contributed by atoms with Gasteiger partial charge in [0.15, 0.2) is 5.16 Å². The summed E-state index contributed by atoms with van der Waals surface area (Å²) in [5, 5.41) is 2.40. The third kappa shape index (κ3) is 6.13. The predicted molar refractivity (Wildman–Crippen MR) is 98.9 cm³/mol. The lowest BCUT2D eigenvalue weighted by Gasteiger charge is -2.15. The number of aryl methyl sites for hydroxylation is 1. The third-order valence-electron chi connectivity index (χ3n) is 3.68. The predicted octanol–water partition coefficient (Wildman–Crippen LogP) is 4.25. The van der Waals surface area contributed by atoms with Gasteiger partial charge in [-0.25, -0.2) is 4.98 Å². The minimum atomic E-state index is -4.43. The van der Waals surface area contributed by atoms with Crippen molar-refractivity contribution >= 4 is 23.4 Å². The van der Waals surface area contributed by atoms with E-state index in [4.69, 9.17) is 0 Å². The van der Waals surface area contributed by atoms with Crippen LogP contribution in [0.3, 0.4) is 0 Å². The van der Waals surface area contributed by atoms with Gasteiger partial charge in [0.25, 0.3) is 5.56 Å². The molecular formula is C18H20F3N3O2S. The van der Waals surface area contributed by atoms with E-state index in [-0.39, 0.29) is 17.2 Å². The molecule has 0 aliphatic rings. The summed E-state index contributed by atoms with van der Waals surface area (Å²) in [5.74, 6) is -0.370. The molecule has 27 heavy (non-hydrogen) atoms. The average Bonchev–Trinajstić information content (AvgIpc) is 2.59. The Hall–Kier alpha value is -2.29. The van der Waals surface area contributed by atoms with Gasteiger partial charge in [0.05, 0.1) is 10.8 Å². The number of aromatic nitrogens is 2. The first-order chi connectivity index (χ1) is 12.7. The Labute approximate surface area is 158 Å². The average molecular weight is 399 g/mol. The number of alkyl halides is 3. The number of halogens is 3. The zero-order valence-corrected chi connectivity index (χ0v) is 15.7. The largest absolute Gasteiger partial charge is 0.416 e. The van der Waals surface area contributed by atoms with E-state index in [2.05, 4.69) is 15.3 Å². The highest BCUT2D eigenvalue weighted by Gasteiger charge is 2.30. The number of thioether (sulfide) groups is 1. The van der Waals surface area contributed by atoms with E-state index >= 15 is 0 Å². The molecule has 2 aromatic rings. The van der Waals surface area contributed by atoms with Gasteiger partial charge in [-0.05, 0) is 37.1 Å². The van der Waals surface area contributed by atoms with Crippen LogP contribution in [-0.4, -0.2) is 21.1 Å². The summed E-state index contributed by atoms with van der Waals surface area (Å²) in [7, 11) is 0. The topological polar surface area (TPSA) is 74.8 Å². The van der Waals surface area contributed by atoms with Crippen LogP contribution in [0.2, 0.25) is 0 Å². The molecule has 9 heteroatoms. The molecule has 0 fully saturated rings. The van der Waals surface area contributed by atoms with E-state index in [0.29, 0.717) is 23.7 Å². The monoisotopic (exact) mass is 399 g/mol. The number of nitrogens with one attached hydrogen (secondary N) is 2. The lowest BCUT2D eigenvalue weighted by Crippen LogP contribution is -2.25. The van der Waals surface area contributed by atoms with Crippen LogP contribution < -0.4 is 10.9 Å². The normalized spacial score (nSPS) is 12.6. The molecule has 0 saturated heterocycles. The van der Waals surface area contributed by atoms with E-state index in [9.17, 15) is 22.8 Å². The molecule has 2 rings (SSSR count). The second-order valence-electron chi connectivity index (χ2n) is 5.87. The van der Waals surface area contributed by atoms with Crippen molar-refractivity contribution in [1.82, 2.24) is 9.97 Å². The molecule has 0 saturated carbocycles. The van der Waals surface area contributed by atoms with Crippen LogP contribution in [0.15, 0.2) is 40.3 Å². The van der Waals surface area contributed by atoms with Gasteiger partial charge in [0.1, 0.15) is 0 Å². The van der Waals surface area contributed by atoms with Gasteiger partial charge in [0, 0.05) is 17.4 Å². The molecule has 2 N–H and O–H groups in total. The van der Waals surface area contributed by atoms with E-state index in [1.54, 1.807) is 6.92 Å². The standard InChI is InChI=1S/C18H20F3N3O2S/c1-3-5-13-10-15(25)24-17(23-13)27-14(4-2)16(26)22-12-8-6-11(7-9-12)18(19,20)21/h6-10,14H,3-5H2,1-2H3,(H,22,26)(H,23,24,25). The van der Waals surface area contributed by atoms with Crippen LogP contribution in [0, 0.1) is 0 Å². The first-order valence-corrected chi connectivity index (χ1v) is 9.36. The lowest BCUT2D eigenvalue weighted by atomic mass is 10.2. The Kier molecular flexibility index (Phi) is 7.06. The summed E-state index contributed by atoms with van der Waals surface area (Å²) >= 11 is 1.12. The maximum absolute atomic E-state index is 12.6. The quantitative estimate of drug-likeness (QED) is 0.539. The minimum absolute atomic E-state index is 0.272. The van der Waals surface area contributed by atoms with E-state index in [0.717, 1.165) is 30.3 Å². The van der Waals surface area contributed by atoms with Crippen molar-refractivity contribution in [3.63, 3.8) is 0 Å². The first-order valence-electron chi connectivity index (χ1n) is 8.48. The fourth-order valence-electron chi connectivity index (χ4n) is 2.35. The number of amides is 1. The molecule has 5 nitrogen and oxygen atoms in total. The van der Waals surface area contributed by atoms with Crippen molar-refractivity contribution in [2.75, 3.05) is 5.32 Å². The van der Waals surface area contributed by atoms with Crippen LogP contribution in [0.4, 0.5) is 18.9 Å². The molecule has 1 unspecified atom stereocenters. The smallest absolute Gasteiger partial charge is 0.325 e. The summed E-state index contributed by atoms with van der Waals surface area (Å²) in [6.45, 7) is 3.78. The number of benzene rings is 1. The lowest BCUT2D eigenvalue weighted by molar-refractivity contribution is -0.137. The Morgan fingerprint density at radius 1 is 1.26 bits per heavy atom. The fraction of sp³-hybridized carbons (Fsp3) is 0.389. The molecular weight excluding hydrogens is 379 g/mol. The van der Waals surface area contributed by atoms with Crippen molar-refractivity contribution in [2.24, 2.45) is 0 Å². The van der Waals surface area contributed by atoms with Crippen molar-refractivity contribution in [3.05, 3.63) is 51.9 Å². The molecule has 1 aromatic carbocycles. The highest BCUT2D eigenvalue weighted by Crippen LogP contribution is 2.30. The Morgan fingerprint density at radius 3 is 2.48 bits per heavy atom. The molecule has 0 aliphatic carbocycles. The first kappa shape index (κ1) is 21.0. The number of aromatic amines is 1. The number of H-pyrrole nitrogens is 1. The van der Waals surface area contributed by atoms with Gasteiger partial charge in [0.2, 0.25) is 5.91 Å². The number of rotatable bonds is 7. The Bertz CT molecular complexity index is 835. The summed E-state index contributed by atoms with van der Waals surface area (Å²) in [4.78, 5) is 31.1. The SMILES string of the molecule is CCCc1cc(=O)[nH]c(SC(CC)C(=O)Nc2ccc(C(F)(F)F)cc2)n1. The van der Waals surface area contributed by atoms with Gasteiger partial charge in [-0.1, -0.05) is 32.0 Å². The number of anilines is 1. The second-order valence-corrected chi connectivity index (χ2v) is 7.06. The van der Waals surface area contributed by atoms with E-state index in [1.165, 1.54) is 18.2 Å². The Morgan fingerprint density at radius 2 is 1.93 bits per heavy atom. The van der Waals surface area contributed by atoms with Crippen LogP contribution >= 0.6 is 11.8 Å². The molecule has 0 radical (unpaired) electrons. The molecule has 1 atom stereocenters. The van der Waals surface area contributed by atoms with Crippen LogP contribution in [0.1, 0.15) is 37.9 Å². The van der Waals surface area contributed by atoms with Crippen LogP contribution in [0.25, 0.3) is 0 Å². The zero-order valence-electron chi connectivity index (χ0n) is 14.9. The fourth-order valence-corrected chi connectivity index (χ4v) is 3.28. The van der Waals surface area contributed by atoms with E-state index < -0.39 is 17.0 Å². The molecule has 1 aromatic heterocycles. The Balaban J connectivity index is 2.09. The minimum Gasteiger partial charge on any atom is -0.325 e. The number of nitrogens with zero attached hydrogens (tertiary/aromatic N) is 1. The highest BCUT2D eigenvalue weighted by molar-refractivity contribution is 8.00. The van der Waals surface area contributed by atoms with Gasteiger partial charge < -0.3 is 10.3 Å². The van der Waals surface area contributed by atoms with Crippen molar-refractivity contribution < 1.29 is 18.0 Å². The maximum Gasteiger partial charge on any atom is 0.416 e. The molecule has 146 valence electrons. The molecule has 0 aliphatic heterocycles. The third-order valence-corrected chi connectivity index (χ3v) is 4.92. The van der Waals surface area contributed by atoms with E-state index in [1.807, 2.05) is 6.92 Å². The summed E-state index contributed by atoms with van der Waals surface area (Å²) in [6, 6.07) is 5.67. The van der Waals surface area contributed by atoms with Gasteiger partial charge >= 0.3 is 6.18 Å². The van der Waals surface area contributed by atoms with Crippen molar-refractivity contribution in [2.45, 2.75) is 49.7 Å². The number of carbonyl (C=O) groups excluding carboxylic acids is 1. The molecule has 0 bridgehead atoms. The summed E-state index contributed by atoms with van der Waals surface area (Å²) < 4.78 is 37.8. The van der Waals surface area contributed by atoms with Crippen molar-refractivity contribution in [3.8, 4) is 0 Å². The number of hydrogen-bond acceptors (Lipinski definition) is 4. The van der Waals surface area contributed by atoms with Gasteiger partial charge in [-0.15, -0.1) is 0 Å². The van der Waals surface area contributed by atoms with Gasteiger partial charge in [-0.2, -0.15) is 13.2 Å². The summed E-state index contributed by atoms with van der Waals surface area (Å²) in [6.07, 6.45) is -2.47. The second kappa shape index (κ2) is 9.07. The molecule has 0 spiro atoms. The molecule has 1 heterocycles. The molecule has 1 amide bonds.